The van der Waals surface area contributed by atoms with Gasteiger partial charge in [0.1, 0.15) is 0 Å². The van der Waals surface area contributed by atoms with Crippen LogP contribution >= 0.6 is 11.3 Å². The van der Waals surface area contributed by atoms with Gasteiger partial charge in [0, 0.05) is 18.1 Å². The molecule has 1 aromatic carbocycles. The number of rotatable bonds is 8. The fourth-order valence-electron chi connectivity index (χ4n) is 2.14. The number of hydrogen-bond acceptors (Lipinski definition) is 6. The molecule has 2 aromatic rings. The molecule has 0 radical (unpaired) electrons. The van der Waals surface area contributed by atoms with Crippen molar-refractivity contribution in [1.29, 1.82) is 0 Å². The molecule has 124 valence electrons. The van der Waals surface area contributed by atoms with Crippen molar-refractivity contribution in [2.75, 3.05) is 32.6 Å². The van der Waals surface area contributed by atoms with E-state index < -0.39 is 0 Å². The topological polar surface area (TPSA) is 63.7 Å². The highest BCUT2D eigenvalue weighted by molar-refractivity contribution is 7.13. The molecule has 0 spiro atoms. The average molecular weight is 335 g/mol. The summed E-state index contributed by atoms with van der Waals surface area (Å²) in [6.07, 6.45) is 1.66. The normalized spacial score (nSPS) is 10.6. The van der Waals surface area contributed by atoms with Crippen molar-refractivity contribution in [3.05, 3.63) is 35.3 Å². The Labute approximate surface area is 140 Å². The Kier molecular flexibility index (Phi) is 6.37. The first-order valence-corrected chi connectivity index (χ1v) is 8.18. The lowest BCUT2D eigenvalue weighted by Crippen LogP contribution is -2.29. The second-order valence-electron chi connectivity index (χ2n) is 4.98. The van der Waals surface area contributed by atoms with Crippen LogP contribution in [-0.2, 0) is 11.3 Å². The zero-order valence-corrected chi connectivity index (χ0v) is 14.4. The van der Waals surface area contributed by atoms with Gasteiger partial charge in [-0.3, -0.25) is 9.69 Å². The Morgan fingerprint density at radius 2 is 2.22 bits per heavy atom. The first-order chi connectivity index (χ1) is 11.1. The molecule has 0 aliphatic heterocycles. The van der Waals surface area contributed by atoms with E-state index in [0.29, 0.717) is 24.0 Å². The van der Waals surface area contributed by atoms with Gasteiger partial charge in [0.15, 0.2) is 16.6 Å². The SMILES string of the molecule is CCOc1ccc(CN(C)CC(=O)Nc2nccs2)cc1OC. The number of carbonyl (C=O) groups is 1. The molecule has 23 heavy (non-hydrogen) atoms. The quantitative estimate of drug-likeness (QED) is 0.803. The third kappa shape index (κ3) is 5.22. The van der Waals surface area contributed by atoms with E-state index in [-0.39, 0.29) is 12.5 Å². The summed E-state index contributed by atoms with van der Waals surface area (Å²) in [6, 6.07) is 5.80. The Bertz CT molecular complexity index is 632. The summed E-state index contributed by atoms with van der Waals surface area (Å²) in [5.74, 6) is 1.34. The monoisotopic (exact) mass is 335 g/mol. The molecule has 1 amide bonds. The van der Waals surface area contributed by atoms with E-state index in [9.17, 15) is 4.79 Å². The van der Waals surface area contributed by atoms with Gasteiger partial charge in [0.25, 0.3) is 0 Å². The fourth-order valence-corrected chi connectivity index (χ4v) is 2.69. The molecule has 0 aliphatic rings. The minimum absolute atomic E-state index is 0.0830. The number of nitrogens with one attached hydrogen (secondary N) is 1. The van der Waals surface area contributed by atoms with Gasteiger partial charge < -0.3 is 14.8 Å². The number of thiazole rings is 1. The number of amides is 1. The Balaban J connectivity index is 1.91. The molecule has 0 unspecified atom stereocenters. The van der Waals surface area contributed by atoms with Gasteiger partial charge in [-0.05, 0) is 31.7 Å². The second kappa shape index (κ2) is 8.50. The number of aromatic nitrogens is 1. The molecule has 7 heteroatoms. The van der Waals surface area contributed by atoms with Crippen LogP contribution in [0.2, 0.25) is 0 Å². The maximum Gasteiger partial charge on any atom is 0.240 e. The lowest BCUT2D eigenvalue weighted by atomic mass is 10.2. The largest absolute Gasteiger partial charge is 0.493 e. The maximum absolute atomic E-state index is 11.9. The number of carbonyl (C=O) groups excluding carboxylic acids is 1. The van der Waals surface area contributed by atoms with E-state index in [1.807, 2.05) is 42.5 Å². The zero-order valence-electron chi connectivity index (χ0n) is 13.5. The smallest absolute Gasteiger partial charge is 0.240 e. The molecule has 6 nitrogen and oxygen atoms in total. The molecular formula is C16H21N3O3S. The van der Waals surface area contributed by atoms with Crippen molar-refractivity contribution in [3.63, 3.8) is 0 Å². The van der Waals surface area contributed by atoms with Crippen molar-refractivity contribution >= 4 is 22.4 Å². The van der Waals surface area contributed by atoms with Crippen LogP contribution < -0.4 is 14.8 Å². The predicted molar refractivity (Wildman–Crippen MR) is 91.2 cm³/mol. The van der Waals surface area contributed by atoms with Crippen molar-refractivity contribution < 1.29 is 14.3 Å². The number of nitrogens with zero attached hydrogens (tertiary/aromatic N) is 2. The highest BCUT2D eigenvalue weighted by Crippen LogP contribution is 2.28. The van der Waals surface area contributed by atoms with Crippen molar-refractivity contribution in [3.8, 4) is 11.5 Å². The van der Waals surface area contributed by atoms with Crippen LogP contribution in [0.3, 0.4) is 0 Å². The number of anilines is 1. The molecule has 1 N–H and O–H groups in total. The van der Waals surface area contributed by atoms with Crippen LogP contribution in [-0.4, -0.2) is 43.1 Å². The summed E-state index contributed by atoms with van der Waals surface area (Å²) in [7, 11) is 3.51. The molecule has 0 atom stereocenters. The summed E-state index contributed by atoms with van der Waals surface area (Å²) in [6.45, 7) is 3.44. The van der Waals surface area contributed by atoms with Crippen molar-refractivity contribution in [1.82, 2.24) is 9.88 Å². The molecule has 1 aromatic heterocycles. The maximum atomic E-state index is 11.9. The zero-order chi connectivity index (χ0) is 16.7. The van der Waals surface area contributed by atoms with Gasteiger partial charge in [-0.25, -0.2) is 4.98 Å². The van der Waals surface area contributed by atoms with Gasteiger partial charge in [0.05, 0.1) is 20.3 Å². The number of hydrogen-bond donors (Lipinski definition) is 1. The Morgan fingerprint density at radius 1 is 1.39 bits per heavy atom. The van der Waals surface area contributed by atoms with Gasteiger partial charge in [-0.15, -0.1) is 11.3 Å². The average Bonchev–Trinajstić information content (AvgIpc) is 3.01. The van der Waals surface area contributed by atoms with Gasteiger partial charge in [-0.2, -0.15) is 0 Å². The van der Waals surface area contributed by atoms with E-state index in [2.05, 4.69) is 10.3 Å². The van der Waals surface area contributed by atoms with Crippen LogP contribution in [0, 0.1) is 0 Å². The van der Waals surface area contributed by atoms with Crippen LogP contribution in [0.4, 0.5) is 5.13 Å². The fraction of sp³-hybridized carbons (Fsp3) is 0.375. The molecule has 1 heterocycles. The van der Waals surface area contributed by atoms with Crippen LogP contribution in [0.1, 0.15) is 12.5 Å². The number of methoxy groups -OCH3 is 1. The standard InChI is InChI=1S/C16H21N3O3S/c1-4-22-13-6-5-12(9-14(13)21-3)10-19(2)11-15(20)18-16-17-7-8-23-16/h5-9H,4,10-11H2,1-3H3,(H,17,18,20). The second-order valence-corrected chi connectivity index (χ2v) is 5.87. The summed E-state index contributed by atoms with van der Waals surface area (Å²) in [5.41, 5.74) is 1.05. The minimum Gasteiger partial charge on any atom is -0.493 e. The molecule has 0 saturated heterocycles. The van der Waals surface area contributed by atoms with Gasteiger partial charge in [0.2, 0.25) is 5.91 Å². The van der Waals surface area contributed by atoms with E-state index in [1.54, 1.807) is 13.3 Å². The molecule has 0 bridgehead atoms. The predicted octanol–water partition coefficient (Wildman–Crippen LogP) is 2.62. The first kappa shape index (κ1) is 17.2. The van der Waals surface area contributed by atoms with Gasteiger partial charge in [-0.1, -0.05) is 6.07 Å². The van der Waals surface area contributed by atoms with Crippen molar-refractivity contribution in [2.45, 2.75) is 13.5 Å². The Morgan fingerprint density at radius 3 is 2.87 bits per heavy atom. The van der Waals surface area contributed by atoms with Crippen molar-refractivity contribution in [2.24, 2.45) is 0 Å². The number of benzene rings is 1. The summed E-state index contributed by atoms with van der Waals surface area (Å²) in [4.78, 5) is 17.9. The molecule has 0 aliphatic carbocycles. The third-order valence-corrected chi connectivity index (χ3v) is 3.76. The summed E-state index contributed by atoms with van der Waals surface area (Å²) >= 11 is 1.40. The van der Waals surface area contributed by atoms with Gasteiger partial charge >= 0.3 is 0 Å². The number of ether oxygens (including phenoxy) is 2. The lowest BCUT2D eigenvalue weighted by molar-refractivity contribution is -0.117. The van der Waals surface area contributed by atoms with E-state index >= 15 is 0 Å². The highest BCUT2D eigenvalue weighted by Gasteiger charge is 2.11. The highest BCUT2D eigenvalue weighted by atomic mass is 32.1. The minimum atomic E-state index is -0.0830. The first-order valence-electron chi connectivity index (χ1n) is 7.30. The molecule has 0 fully saturated rings. The van der Waals surface area contributed by atoms with Crippen LogP contribution in [0.15, 0.2) is 29.8 Å². The van der Waals surface area contributed by atoms with Crippen LogP contribution in [0.5, 0.6) is 11.5 Å². The third-order valence-electron chi connectivity index (χ3n) is 3.07. The van der Waals surface area contributed by atoms with Crippen LogP contribution in [0.25, 0.3) is 0 Å². The molecule has 2 rings (SSSR count). The number of likely N-dealkylation sites (N-methyl/N-ethyl adjacent to an activating group) is 1. The molecular weight excluding hydrogens is 314 g/mol. The summed E-state index contributed by atoms with van der Waals surface area (Å²) in [5, 5.41) is 5.21. The van der Waals surface area contributed by atoms with E-state index in [4.69, 9.17) is 9.47 Å². The van der Waals surface area contributed by atoms with E-state index in [1.165, 1.54) is 11.3 Å². The molecule has 0 saturated carbocycles. The summed E-state index contributed by atoms with van der Waals surface area (Å²) < 4.78 is 10.8. The van der Waals surface area contributed by atoms with E-state index in [0.717, 1.165) is 11.3 Å². The Hall–Kier alpha value is -2.12. The lowest BCUT2D eigenvalue weighted by Gasteiger charge is -2.17.